The normalized spacial score (nSPS) is 29.1. The average molecular weight is 187 g/mol. The van der Waals surface area contributed by atoms with Crippen LogP contribution in [0.4, 0.5) is 0 Å². The Kier molecular flexibility index (Phi) is 5.35. The minimum absolute atomic E-state index is 0.424. The number of piperidine rings is 1. The average Bonchev–Trinajstić information content (AvgIpc) is 2.15. The quantitative estimate of drug-likeness (QED) is 0.656. The summed E-state index contributed by atoms with van der Waals surface area (Å²) in [6.45, 7) is 4.86. The first-order valence-corrected chi connectivity index (χ1v) is 5.17. The van der Waals surface area contributed by atoms with Crippen molar-refractivity contribution in [2.75, 3.05) is 26.9 Å². The third-order valence-corrected chi connectivity index (χ3v) is 2.46. The van der Waals surface area contributed by atoms with Gasteiger partial charge in [0.25, 0.3) is 0 Å². The summed E-state index contributed by atoms with van der Waals surface area (Å²) in [5.41, 5.74) is 0. The van der Waals surface area contributed by atoms with E-state index < -0.39 is 0 Å². The molecule has 0 aromatic carbocycles. The van der Waals surface area contributed by atoms with E-state index in [0.717, 1.165) is 26.2 Å². The molecule has 1 rings (SSSR count). The number of methoxy groups -OCH3 is 1. The molecular weight excluding hydrogens is 166 g/mol. The molecule has 1 saturated heterocycles. The molecule has 13 heavy (non-hydrogen) atoms. The predicted molar refractivity (Wildman–Crippen MR) is 52.9 cm³/mol. The first-order chi connectivity index (χ1) is 6.33. The van der Waals surface area contributed by atoms with Crippen LogP contribution in [0.3, 0.4) is 0 Å². The summed E-state index contributed by atoms with van der Waals surface area (Å²) < 4.78 is 10.6. The molecule has 1 heterocycles. The molecule has 2 atom stereocenters. The first kappa shape index (κ1) is 11.0. The topological polar surface area (TPSA) is 30.5 Å². The maximum absolute atomic E-state index is 5.69. The molecule has 0 amide bonds. The standard InChI is InChI=1S/C10H21NO2/c1-9-4-5-10(8-11-9)13-7-3-6-12-2/h9-11H,3-8H2,1-2H3. The van der Waals surface area contributed by atoms with Crippen molar-refractivity contribution in [2.24, 2.45) is 0 Å². The van der Waals surface area contributed by atoms with Crippen LogP contribution >= 0.6 is 0 Å². The van der Waals surface area contributed by atoms with Crippen LogP contribution in [0.5, 0.6) is 0 Å². The number of nitrogens with one attached hydrogen (secondary N) is 1. The molecule has 1 aliphatic rings. The highest BCUT2D eigenvalue weighted by atomic mass is 16.5. The molecule has 2 unspecified atom stereocenters. The van der Waals surface area contributed by atoms with Crippen molar-refractivity contribution in [3.05, 3.63) is 0 Å². The second-order valence-corrected chi connectivity index (χ2v) is 3.73. The lowest BCUT2D eigenvalue weighted by atomic mass is 10.0. The molecular formula is C10H21NO2. The Balaban J connectivity index is 1.96. The van der Waals surface area contributed by atoms with E-state index in [-0.39, 0.29) is 0 Å². The zero-order chi connectivity index (χ0) is 9.52. The van der Waals surface area contributed by atoms with Crippen molar-refractivity contribution in [1.82, 2.24) is 5.32 Å². The van der Waals surface area contributed by atoms with Crippen LogP contribution in [0.1, 0.15) is 26.2 Å². The van der Waals surface area contributed by atoms with Crippen LogP contribution in [0.25, 0.3) is 0 Å². The molecule has 0 radical (unpaired) electrons. The van der Waals surface area contributed by atoms with Crippen LogP contribution in [-0.4, -0.2) is 39.0 Å². The summed E-state index contributed by atoms with van der Waals surface area (Å²) in [5.74, 6) is 0. The van der Waals surface area contributed by atoms with Crippen molar-refractivity contribution in [2.45, 2.75) is 38.3 Å². The van der Waals surface area contributed by atoms with Gasteiger partial charge in [-0.2, -0.15) is 0 Å². The Bertz CT molecular complexity index is 122. The Hall–Kier alpha value is -0.120. The Morgan fingerprint density at radius 2 is 2.15 bits per heavy atom. The molecule has 3 nitrogen and oxygen atoms in total. The highest BCUT2D eigenvalue weighted by molar-refractivity contribution is 4.74. The molecule has 3 heteroatoms. The van der Waals surface area contributed by atoms with Gasteiger partial charge in [-0.25, -0.2) is 0 Å². The summed E-state index contributed by atoms with van der Waals surface area (Å²) in [5, 5.41) is 3.42. The molecule has 0 aromatic rings. The fourth-order valence-corrected chi connectivity index (χ4v) is 1.57. The van der Waals surface area contributed by atoms with Gasteiger partial charge in [0.1, 0.15) is 0 Å². The van der Waals surface area contributed by atoms with Gasteiger partial charge in [0.05, 0.1) is 6.10 Å². The monoisotopic (exact) mass is 187 g/mol. The molecule has 1 N–H and O–H groups in total. The fraction of sp³-hybridized carbons (Fsp3) is 1.00. The van der Waals surface area contributed by atoms with Crippen LogP contribution in [0, 0.1) is 0 Å². The third-order valence-electron chi connectivity index (χ3n) is 2.46. The van der Waals surface area contributed by atoms with Gasteiger partial charge in [-0.3, -0.25) is 0 Å². The molecule has 78 valence electrons. The van der Waals surface area contributed by atoms with Gasteiger partial charge in [0.15, 0.2) is 0 Å². The maximum Gasteiger partial charge on any atom is 0.0700 e. The second-order valence-electron chi connectivity index (χ2n) is 3.73. The maximum atomic E-state index is 5.69. The summed E-state index contributed by atoms with van der Waals surface area (Å²) >= 11 is 0. The summed E-state index contributed by atoms with van der Waals surface area (Å²) in [6, 6.07) is 0.666. The van der Waals surface area contributed by atoms with Crippen molar-refractivity contribution in [1.29, 1.82) is 0 Å². The minimum atomic E-state index is 0.424. The van der Waals surface area contributed by atoms with Gasteiger partial charge in [-0.15, -0.1) is 0 Å². The van der Waals surface area contributed by atoms with E-state index in [0.29, 0.717) is 12.1 Å². The van der Waals surface area contributed by atoms with E-state index in [1.54, 1.807) is 7.11 Å². The second kappa shape index (κ2) is 6.35. The highest BCUT2D eigenvalue weighted by Gasteiger charge is 2.17. The van der Waals surface area contributed by atoms with Crippen molar-refractivity contribution in [3.63, 3.8) is 0 Å². The lowest BCUT2D eigenvalue weighted by Gasteiger charge is -2.27. The number of hydrogen-bond acceptors (Lipinski definition) is 3. The molecule has 1 fully saturated rings. The minimum Gasteiger partial charge on any atom is -0.385 e. The summed E-state index contributed by atoms with van der Waals surface area (Å²) in [7, 11) is 1.73. The Labute approximate surface area is 80.8 Å². The largest absolute Gasteiger partial charge is 0.385 e. The van der Waals surface area contributed by atoms with Gasteiger partial charge in [-0.1, -0.05) is 0 Å². The third kappa shape index (κ3) is 4.60. The van der Waals surface area contributed by atoms with E-state index in [4.69, 9.17) is 9.47 Å². The zero-order valence-electron chi connectivity index (χ0n) is 8.71. The van der Waals surface area contributed by atoms with Crippen LogP contribution in [0.15, 0.2) is 0 Å². The number of ether oxygens (including phenoxy) is 2. The van der Waals surface area contributed by atoms with Crippen LogP contribution < -0.4 is 5.32 Å². The van der Waals surface area contributed by atoms with Crippen molar-refractivity contribution >= 4 is 0 Å². The van der Waals surface area contributed by atoms with E-state index in [2.05, 4.69) is 12.2 Å². The molecule has 0 saturated carbocycles. The predicted octanol–water partition coefficient (Wildman–Crippen LogP) is 1.18. The van der Waals surface area contributed by atoms with E-state index in [9.17, 15) is 0 Å². The molecule has 0 bridgehead atoms. The van der Waals surface area contributed by atoms with E-state index in [1.165, 1.54) is 12.8 Å². The highest BCUT2D eigenvalue weighted by Crippen LogP contribution is 2.10. The number of rotatable bonds is 5. The van der Waals surface area contributed by atoms with Gasteiger partial charge in [0, 0.05) is 32.9 Å². The molecule has 0 aromatic heterocycles. The summed E-state index contributed by atoms with van der Waals surface area (Å²) in [6.07, 6.45) is 3.85. The van der Waals surface area contributed by atoms with Crippen LogP contribution in [-0.2, 0) is 9.47 Å². The van der Waals surface area contributed by atoms with Gasteiger partial charge >= 0.3 is 0 Å². The lowest BCUT2D eigenvalue weighted by molar-refractivity contribution is 0.0205. The lowest BCUT2D eigenvalue weighted by Crippen LogP contribution is -2.41. The molecule has 0 spiro atoms. The van der Waals surface area contributed by atoms with Gasteiger partial charge in [0.2, 0.25) is 0 Å². The Morgan fingerprint density at radius 3 is 2.77 bits per heavy atom. The SMILES string of the molecule is COCCCOC1CCC(C)NC1. The first-order valence-electron chi connectivity index (χ1n) is 5.17. The van der Waals surface area contributed by atoms with Crippen molar-refractivity contribution in [3.8, 4) is 0 Å². The number of hydrogen-bond donors (Lipinski definition) is 1. The molecule has 1 aliphatic heterocycles. The molecule has 0 aliphatic carbocycles. The van der Waals surface area contributed by atoms with E-state index >= 15 is 0 Å². The fourth-order valence-electron chi connectivity index (χ4n) is 1.57. The smallest absolute Gasteiger partial charge is 0.0700 e. The van der Waals surface area contributed by atoms with Gasteiger partial charge < -0.3 is 14.8 Å². The zero-order valence-corrected chi connectivity index (χ0v) is 8.71. The van der Waals surface area contributed by atoms with E-state index in [1.807, 2.05) is 0 Å². The van der Waals surface area contributed by atoms with Crippen molar-refractivity contribution < 1.29 is 9.47 Å². The Morgan fingerprint density at radius 1 is 1.31 bits per heavy atom. The van der Waals surface area contributed by atoms with Gasteiger partial charge in [-0.05, 0) is 26.2 Å². The van der Waals surface area contributed by atoms with Crippen LogP contribution in [0.2, 0.25) is 0 Å². The summed E-state index contributed by atoms with van der Waals surface area (Å²) in [4.78, 5) is 0.